The predicted molar refractivity (Wildman–Crippen MR) is 85.8 cm³/mol. The van der Waals surface area contributed by atoms with Crippen molar-refractivity contribution in [2.45, 2.75) is 25.9 Å². The number of hydrogen-bond donors (Lipinski definition) is 1. The highest BCUT2D eigenvalue weighted by atomic mass is 16.5. The number of methoxy groups -OCH3 is 1. The van der Waals surface area contributed by atoms with Crippen molar-refractivity contribution in [3.8, 4) is 11.5 Å². The fourth-order valence-corrected chi connectivity index (χ4v) is 2.27. The van der Waals surface area contributed by atoms with E-state index in [1.165, 1.54) is 5.56 Å². The van der Waals surface area contributed by atoms with Crippen LogP contribution in [0.2, 0.25) is 0 Å². The molecule has 0 atom stereocenters. The van der Waals surface area contributed by atoms with Gasteiger partial charge in [-0.1, -0.05) is 42.5 Å². The third kappa shape index (κ3) is 4.50. The molecule has 0 fully saturated rings. The molecule has 0 radical (unpaired) electrons. The van der Waals surface area contributed by atoms with Gasteiger partial charge in [-0.3, -0.25) is 0 Å². The minimum atomic E-state index is 0.547. The van der Waals surface area contributed by atoms with Gasteiger partial charge in [-0.15, -0.1) is 0 Å². The van der Waals surface area contributed by atoms with Crippen LogP contribution < -0.4 is 15.2 Å². The van der Waals surface area contributed by atoms with Crippen LogP contribution in [0.15, 0.2) is 48.5 Å². The Bertz CT molecular complexity index is 540. The second-order valence-corrected chi connectivity index (χ2v) is 4.97. The normalized spacial score (nSPS) is 10.4. The van der Waals surface area contributed by atoms with Gasteiger partial charge in [0, 0.05) is 0 Å². The molecule has 0 heterocycles. The molecule has 0 aliphatic heterocycles. The summed E-state index contributed by atoms with van der Waals surface area (Å²) < 4.78 is 11.5. The van der Waals surface area contributed by atoms with Crippen molar-refractivity contribution in [2.24, 2.45) is 5.73 Å². The Morgan fingerprint density at radius 3 is 2.48 bits per heavy atom. The molecule has 2 aromatic rings. The first-order valence-corrected chi connectivity index (χ1v) is 7.38. The van der Waals surface area contributed by atoms with Crippen molar-refractivity contribution < 1.29 is 9.47 Å². The molecule has 0 bridgehead atoms. The molecule has 0 amide bonds. The molecule has 21 heavy (non-hydrogen) atoms. The van der Waals surface area contributed by atoms with Crippen LogP contribution in [0.3, 0.4) is 0 Å². The molecule has 3 nitrogen and oxygen atoms in total. The van der Waals surface area contributed by atoms with Crippen molar-refractivity contribution >= 4 is 0 Å². The Labute approximate surface area is 126 Å². The fourth-order valence-electron chi connectivity index (χ4n) is 2.27. The van der Waals surface area contributed by atoms with Crippen LogP contribution in [-0.4, -0.2) is 13.7 Å². The summed E-state index contributed by atoms with van der Waals surface area (Å²) in [5, 5.41) is 0. The van der Waals surface area contributed by atoms with Crippen LogP contribution in [-0.2, 0) is 13.0 Å². The standard InChI is InChI=1S/C18H23NO2/c1-20-17-12-7-11-16(10-5-6-13-19)18(17)21-14-15-8-3-2-4-9-15/h2-4,7-9,11-12H,5-6,10,13-14,19H2,1H3. The van der Waals surface area contributed by atoms with Gasteiger partial charge in [0.05, 0.1) is 7.11 Å². The SMILES string of the molecule is COc1cccc(CCCCN)c1OCc1ccccc1. The van der Waals surface area contributed by atoms with Gasteiger partial charge in [-0.2, -0.15) is 0 Å². The molecule has 2 N–H and O–H groups in total. The molecule has 112 valence electrons. The Hall–Kier alpha value is -2.00. The first kappa shape index (κ1) is 15.4. The van der Waals surface area contributed by atoms with Gasteiger partial charge in [-0.05, 0) is 43.0 Å². The summed E-state index contributed by atoms with van der Waals surface area (Å²) in [4.78, 5) is 0. The number of ether oxygens (including phenoxy) is 2. The molecule has 2 aromatic carbocycles. The third-order valence-electron chi connectivity index (χ3n) is 3.41. The fraction of sp³-hybridized carbons (Fsp3) is 0.333. The van der Waals surface area contributed by atoms with Crippen LogP contribution >= 0.6 is 0 Å². The molecule has 0 saturated carbocycles. The Morgan fingerprint density at radius 1 is 0.952 bits per heavy atom. The van der Waals surface area contributed by atoms with Crippen molar-refractivity contribution in [3.63, 3.8) is 0 Å². The van der Waals surface area contributed by atoms with E-state index in [0.717, 1.165) is 42.9 Å². The molecule has 0 aromatic heterocycles. The highest BCUT2D eigenvalue weighted by molar-refractivity contribution is 5.46. The molecule has 0 saturated heterocycles. The number of para-hydroxylation sites is 1. The quantitative estimate of drug-likeness (QED) is 0.754. The average Bonchev–Trinajstić information content (AvgIpc) is 2.54. The average molecular weight is 285 g/mol. The Kier molecular flexibility index (Phi) is 6.10. The van der Waals surface area contributed by atoms with Crippen LogP contribution in [0, 0.1) is 0 Å². The highest BCUT2D eigenvalue weighted by Crippen LogP contribution is 2.32. The number of unbranched alkanes of at least 4 members (excludes halogenated alkanes) is 1. The van der Waals surface area contributed by atoms with Gasteiger partial charge >= 0.3 is 0 Å². The summed E-state index contributed by atoms with van der Waals surface area (Å²) in [5.41, 5.74) is 7.89. The van der Waals surface area contributed by atoms with E-state index in [4.69, 9.17) is 15.2 Å². The van der Waals surface area contributed by atoms with Crippen LogP contribution in [0.25, 0.3) is 0 Å². The maximum atomic E-state index is 6.02. The van der Waals surface area contributed by atoms with Gasteiger partial charge in [0.25, 0.3) is 0 Å². The van der Waals surface area contributed by atoms with E-state index < -0.39 is 0 Å². The largest absolute Gasteiger partial charge is 0.493 e. The van der Waals surface area contributed by atoms with Crippen molar-refractivity contribution in [3.05, 3.63) is 59.7 Å². The Balaban J connectivity index is 2.11. The molecule has 0 aliphatic rings. The van der Waals surface area contributed by atoms with E-state index in [2.05, 4.69) is 18.2 Å². The number of nitrogens with two attached hydrogens (primary N) is 1. The molecular weight excluding hydrogens is 262 g/mol. The first-order chi connectivity index (χ1) is 10.3. The summed E-state index contributed by atoms with van der Waals surface area (Å²) in [6.07, 6.45) is 3.04. The van der Waals surface area contributed by atoms with Crippen molar-refractivity contribution in [1.29, 1.82) is 0 Å². The number of aryl methyl sites for hydroxylation is 1. The molecule has 0 unspecified atom stereocenters. The van der Waals surface area contributed by atoms with Crippen molar-refractivity contribution in [1.82, 2.24) is 0 Å². The third-order valence-corrected chi connectivity index (χ3v) is 3.41. The summed E-state index contributed by atoms with van der Waals surface area (Å²) in [7, 11) is 1.67. The maximum Gasteiger partial charge on any atom is 0.164 e. The number of benzene rings is 2. The van der Waals surface area contributed by atoms with E-state index in [1.54, 1.807) is 7.11 Å². The van der Waals surface area contributed by atoms with E-state index in [9.17, 15) is 0 Å². The maximum absolute atomic E-state index is 6.02. The van der Waals surface area contributed by atoms with Gasteiger partial charge < -0.3 is 15.2 Å². The molecule has 0 spiro atoms. The number of hydrogen-bond acceptors (Lipinski definition) is 3. The lowest BCUT2D eigenvalue weighted by atomic mass is 10.1. The molecule has 0 aliphatic carbocycles. The van der Waals surface area contributed by atoms with Gasteiger partial charge in [-0.25, -0.2) is 0 Å². The second kappa shape index (κ2) is 8.32. The van der Waals surface area contributed by atoms with Crippen LogP contribution in [0.4, 0.5) is 0 Å². The lowest BCUT2D eigenvalue weighted by molar-refractivity contribution is 0.281. The zero-order valence-corrected chi connectivity index (χ0v) is 12.5. The van der Waals surface area contributed by atoms with E-state index in [0.29, 0.717) is 6.61 Å². The zero-order valence-electron chi connectivity index (χ0n) is 12.5. The zero-order chi connectivity index (χ0) is 14.9. The van der Waals surface area contributed by atoms with Gasteiger partial charge in [0.1, 0.15) is 6.61 Å². The second-order valence-electron chi connectivity index (χ2n) is 4.97. The topological polar surface area (TPSA) is 44.5 Å². The van der Waals surface area contributed by atoms with E-state index in [1.807, 2.05) is 30.3 Å². The molecular formula is C18H23NO2. The summed E-state index contributed by atoms with van der Waals surface area (Å²) >= 11 is 0. The highest BCUT2D eigenvalue weighted by Gasteiger charge is 2.10. The summed E-state index contributed by atoms with van der Waals surface area (Å²) in [6, 6.07) is 16.2. The lowest BCUT2D eigenvalue weighted by Gasteiger charge is -2.15. The minimum Gasteiger partial charge on any atom is -0.493 e. The number of rotatable bonds is 8. The minimum absolute atomic E-state index is 0.547. The van der Waals surface area contributed by atoms with Crippen LogP contribution in [0.1, 0.15) is 24.0 Å². The Morgan fingerprint density at radius 2 is 1.76 bits per heavy atom. The van der Waals surface area contributed by atoms with Gasteiger partial charge in [0.2, 0.25) is 0 Å². The molecule has 3 heteroatoms. The summed E-state index contributed by atoms with van der Waals surface area (Å²) in [6.45, 7) is 1.27. The monoisotopic (exact) mass is 285 g/mol. The molecule has 2 rings (SSSR count). The van der Waals surface area contributed by atoms with E-state index in [-0.39, 0.29) is 0 Å². The smallest absolute Gasteiger partial charge is 0.164 e. The van der Waals surface area contributed by atoms with E-state index >= 15 is 0 Å². The summed E-state index contributed by atoms with van der Waals surface area (Å²) in [5.74, 6) is 1.64. The first-order valence-electron chi connectivity index (χ1n) is 7.38. The van der Waals surface area contributed by atoms with Crippen molar-refractivity contribution in [2.75, 3.05) is 13.7 Å². The van der Waals surface area contributed by atoms with Crippen LogP contribution in [0.5, 0.6) is 11.5 Å². The van der Waals surface area contributed by atoms with Gasteiger partial charge in [0.15, 0.2) is 11.5 Å². The lowest BCUT2D eigenvalue weighted by Crippen LogP contribution is -2.03. The predicted octanol–water partition coefficient (Wildman–Crippen LogP) is 3.56.